The monoisotopic (exact) mass is 383 g/mol. The molecule has 1 amide bonds. The maximum Gasteiger partial charge on any atom is 0.292 e. The van der Waals surface area contributed by atoms with Gasteiger partial charge in [0.15, 0.2) is 6.61 Å². The van der Waals surface area contributed by atoms with Crippen molar-refractivity contribution >= 4 is 17.3 Å². The SMILES string of the molecule is CC(C)c1cccc(OCC(=O)N2CCN(c3ccccc3[N+](=O)[O-])CC2)c1. The fraction of sp³-hybridized carbons (Fsp3) is 0.381. The molecule has 1 heterocycles. The molecule has 0 aliphatic carbocycles. The number of para-hydroxylation sites is 2. The minimum atomic E-state index is -0.369. The number of benzene rings is 2. The van der Waals surface area contributed by atoms with E-state index in [0.717, 1.165) is 0 Å². The number of amides is 1. The fourth-order valence-electron chi connectivity index (χ4n) is 3.28. The molecule has 1 saturated heterocycles. The van der Waals surface area contributed by atoms with Crippen LogP contribution in [0.4, 0.5) is 11.4 Å². The summed E-state index contributed by atoms with van der Waals surface area (Å²) in [6.07, 6.45) is 0. The van der Waals surface area contributed by atoms with Crippen LogP contribution in [0.3, 0.4) is 0 Å². The van der Waals surface area contributed by atoms with Gasteiger partial charge in [-0.15, -0.1) is 0 Å². The third-order valence-electron chi connectivity index (χ3n) is 4.94. The van der Waals surface area contributed by atoms with E-state index in [1.54, 1.807) is 23.1 Å². The quantitative estimate of drug-likeness (QED) is 0.564. The lowest BCUT2D eigenvalue weighted by Crippen LogP contribution is -2.50. The van der Waals surface area contributed by atoms with Crippen molar-refractivity contribution in [3.8, 4) is 5.75 Å². The molecule has 0 saturated carbocycles. The van der Waals surface area contributed by atoms with E-state index in [-0.39, 0.29) is 23.1 Å². The van der Waals surface area contributed by atoms with Crippen molar-refractivity contribution in [2.24, 2.45) is 0 Å². The van der Waals surface area contributed by atoms with Gasteiger partial charge in [-0.3, -0.25) is 14.9 Å². The number of carbonyl (C=O) groups is 1. The van der Waals surface area contributed by atoms with Crippen LogP contribution in [0.1, 0.15) is 25.3 Å². The van der Waals surface area contributed by atoms with E-state index < -0.39 is 0 Å². The molecule has 7 heteroatoms. The second kappa shape index (κ2) is 8.73. The van der Waals surface area contributed by atoms with Crippen LogP contribution in [-0.2, 0) is 4.79 Å². The minimum Gasteiger partial charge on any atom is -0.484 e. The molecular formula is C21H25N3O4. The maximum atomic E-state index is 12.5. The number of rotatable bonds is 6. The summed E-state index contributed by atoms with van der Waals surface area (Å²) in [7, 11) is 0. The first-order valence-corrected chi connectivity index (χ1v) is 9.44. The Morgan fingerprint density at radius 2 is 1.82 bits per heavy atom. The highest BCUT2D eigenvalue weighted by atomic mass is 16.6. The molecule has 0 spiro atoms. The summed E-state index contributed by atoms with van der Waals surface area (Å²) in [4.78, 5) is 27.0. The zero-order chi connectivity index (χ0) is 20.1. The molecule has 28 heavy (non-hydrogen) atoms. The van der Waals surface area contributed by atoms with Gasteiger partial charge in [0.2, 0.25) is 0 Å². The third kappa shape index (κ3) is 4.60. The van der Waals surface area contributed by atoms with Crippen molar-refractivity contribution in [1.82, 2.24) is 4.90 Å². The summed E-state index contributed by atoms with van der Waals surface area (Å²) < 4.78 is 5.68. The van der Waals surface area contributed by atoms with E-state index in [0.29, 0.717) is 43.5 Å². The Labute approximate surface area is 164 Å². The Morgan fingerprint density at radius 1 is 1.11 bits per heavy atom. The topological polar surface area (TPSA) is 75.9 Å². The van der Waals surface area contributed by atoms with Crippen LogP contribution in [0.15, 0.2) is 48.5 Å². The number of anilines is 1. The number of carbonyl (C=O) groups excluding carboxylic acids is 1. The first-order chi connectivity index (χ1) is 13.5. The number of piperazine rings is 1. The van der Waals surface area contributed by atoms with Crippen molar-refractivity contribution in [2.75, 3.05) is 37.7 Å². The molecule has 3 rings (SSSR count). The first kappa shape index (κ1) is 19.7. The highest BCUT2D eigenvalue weighted by Gasteiger charge is 2.25. The van der Waals surface area contributed by atoms with E-state index in [2.05, 4.69) is 13.8 Å². The summed E-state index contributed by atoms with van der Waals surface area (Å²) >= 11 is 0. The Hall–Kier alpha value is -3.09. The molecule has 0 bridgehead atoms. The van der Waals surface area contributed by atoms with Crippen molar-refractivity contribution in [3.05, 3.63) is 64.2 Å². The van der Waals surface area contributed by atoms with Crippen LogP contribution < -0.4 is 9.64 Å². The van der Waals surface area contributed by atoms with Crippen molar-refractivity contribution in [2.45, 2.75) is 19.8 Å². The van der Waals surface area contributed by atoms with Crippen LogP contribution in [0.5, 0.6) is 5.75 Å². The van der Waals surface area contributed by atoms with E-state index in [1.807, 2.05) is 29.2 Å². The predicted octanol–water partition coefficient (Wildman–Crippen LogP) is 3.45. The molecule has 0 aromatic heterocycles. The summed E-state index contributed by atoms with van der Waals surface area (Å²) in [6, 6.07) is 14.5. The van der Waals surface area contributed by atoms with Gasteiger partial charge in [-0.1, -0.05) is 38.1 Å². The van der Waals surface area contributed by atoms with Crippen LogP contribution in [0.25, 0.3) is 0 Å². The largest absolute Gasteiger partial charge is 0.484 e. The number of hydrogen-bond donors (Lipinski definition) is 0. The average Bonchev–Trinajstić information content (AvgIpc) is 2.72. The van der Waals surface area contributed by atoms with Crippen molar-refractivity contribution in [3.63, 3.8) is 0 Å². The molecule has 1 aliphatic heterocycles. The minimum absolute atomic E-state index is 0.00691. The lowest BCUT2D eigenvalue weighted by molar-refractivity contribution is -0.384. The molecule has 148 valence electrons. The van der Waals surface area contributed by atoms with Crippen LogP contribution >= 0.6 is 0 Å². The van der Waals surface area contributed by atoms with Gasteiger partial charge in [0.1, 0.15) is 11.4 Å². The summed E-state index contributed by atoms with van der Waals surface area (Å²) in [5.41, 5.74) is 1.86. The van der Waals surface area contributed by atoms with Crippen LogP contribution in [0, 0.1) is 10.1 Å². The second-order valence-electron chi connectivity index (χ2n) is 7.13. The summed E-state index contributed by atoms with van der Waals surface area (Å²) in [5.74, 6) is 1.02. The van der Waals surface area contributed by atoms with Gasteiger partial charge in [0, 0.05) is 32.2 Å². The normalized spacial score (nSPS) is 14.2. The number of nitro benzene ring substituents is 1. The van der Waals surface area contributed by atoms with E-state index >= 15 is 0 Å². The zero-order valence-corrected chi connectivity index (χ0v) is 16.2. The lowest BCUT2D eigenvalue weighted by Gasteiger charge is -2.35. The van der Waals surface area contributed by atoms with Gasteiger partial charge in [-0.25, -0.2) is 0 Å². The number of hydrogen-bond acceptors (Lipinski definition) is 5. The first-order valence-electron chi connectivity index (χ1n) is 9.44. The Morgan fingerprint density at radius 3 is 2.50 bits per heavy atom. The standard InChI is InChI=1S/C21H25N3O4/c1-16(2)17-6-5-7-18(14-17)28-15-21(25)23-12-10-22(11-13-23)19-8-3-4-9-20(19)24(26)27/h3-9,14,16H,10-13,15H2,1-2H3. The molecule has 2 aromatic carbocycles. The number of ether oxygens (including phenoxy) is 1. The Kier molecular flexibility index (Phi) is 6.13. The molecule has 0 radical (unpaired) electrons. The van der Waals surface area contributed by atoms with E-state index in [9.17, 15) is 14.9 Å². The third-order valence-corrected chi connectivity index (χ3v) is 4.94. The van der Waals surface area contributed by atoms with Gasteiger partial charge in [-0.2, -0.15) is 0 Å². The van der Waals surface area contributed by atoms with Gasteiger partial charge in [-0.05, 0) is 29.7 Å². The Bertz CT molecular complexity index is 845. The smallest absolute Gasteiger partial charge is 0.292 e. The second-order valence-corrected chi connectivity index (χ2v) is 7.13. The lowest BCUT2D eigenvalue weighted by atomic mass is 10.0. The van der Waals surface area contributed by atoms with Gasteiger partial charge >= 0.3 is 0 Å². The van der Waals surface area contributed by atoms with Gasteiger partial charge in [0.25, 0.3) is 11.6 Å². The van der Waals surface area contributed by atoms with Crippen LogP contribution in [-0.4, -0.2) is 48.5 Å². The molecule has 0 unspecified atom stereocenters. The average molecular weight is 383 g/mol. The molecule has 0 N–H and O–H groups in total. The van der Waals surface area contributed by atoms with Gasteiger partial charge in [0.05, 0.1) is 4.92 Å². The predicted molar refractivity (Wildman–Crippen MR) is 108 cm³/mol. The highest BCUT2D eigenvalue weighted by Crippen LogP contribution is 2.28. The summed E-state index contributed by atoms with van der Waals surface area (Å²) in [5, 5.41) is 11.2. The fourth-order valence-corrected chi connectivity index (χ4v) is 3.28. The van der Waals surface area contributed by atoms with E-state index in [4.69, 9.17) is 4.74 Å². The maximum absolute atomic E-state index is 12.5. The molecule has 1 aliphatic rings. The van der Waals surface area contributed by atoms with E-state index in [1.165, 1.54) is 11.6 Å². The highest BCUT2D eigenvalue weighted by molar-refractivity contribution is 5.78. The van der Waals surface area contributed by atoms with Crippen molar-refractivity contribution in [1.29, 1.82) is 0 Å². The molecule has 0 atom stereocenters. The van der Waals surface area contributed by atoms with Gasteiger partial charge < -0.3 is 14.5 Å². The summed E-state index contributed by atoms with van der Waals surface area (Å²) in [6.45, 7) is 6.36. The number of nitrogens with zero attached hydrogens (tertiary/aromatic N) is 3. The molecular weight excluding hydrogens is 358 g/mol. The number of nitro groups is 1. The Balaban J connectivity index is 1.54. The van der Waals surface area contributed by atoms with Crippen molar-refractivity contribution < 1.29 is 14.5 Å². The molecule has 2 aromatic rings. The molecule has 1 fully saturated rings. The zero-order valence-electron chi connectivity index (χ0n) is 16.2. The van der Waals surface area contributed by atoms with Crippen LogP contribution in [0.2, 0.25) is 0 Å². The molecule has 7 nitrogen and oxygen atoms in total.